The Morgan fingerprint density at radius 1 is 1.21 bits per heavy atom. The molecule has 0 saturated carbocycles. The highest BCUT2D eigenvalue weighted by molar-refractivity contribution is 7.21. The van der Waals surface area contributed by atoms with Gasteiger partial charge in [0.1, 0.15) is 10.8 Å². The van der Waals surface area contributed by atoms with Crippen molar-refractivity contribution in [2.45, 2.75) is 6.61 Å². The van der Waals surface area contributed by atoms with Crippen LogP contribution in [0.25, 0.3) is 20.8 Å². The fourth-order valence-electron chi connectivity index (χ4n) is 1.90. The molecule has 0 saturated heterocycles. The second-order valence-corrected chi connectivity index (χ2v) is 5.23. The highest BCUT2D eigenvalue weighted by atomic mass is 32.1. The van der Waals surface area contributed by atoms with E-state index in [4.69, 9.17) is 5.73 Å². The molecule has 1 aromatic heterocycles. The lowest BCUT2D eigenvalue weighted by atomic mass is 10.1. The Labute approximate surface area is 113 Å². The van der Waals surface area contributed by atoms with Crippen molar-refractivity contribution in [1.29, 1.82) is 0 Å². The van der Waals surface area contributed by atoms with Crippen LogP contribution in [-0.4, -0.2) is 10.1 Å². The molecular weight excluding hydrogens is 263 g/mol. The molecule has 1 heterocycles. The van der Waals surface area contributed by atoms with Crippen molar-refractivity contribution in [3.63, 3.8) is 0 Å². The Morgan fingerprint density at radius 3 is 2.84 bits per heavy atom. The minimum absolute atomic E-state index is 0.112. The van der Waals surface area contributed by atoms with Crippen LogP contribution in [-0.2, 0) is 6.61 Å². The van der Waals surface area contributed by atoms with Gasteiger partial charge >= 0.3 is 0 Å². The molecule has 0 unspecified atom stereocenters. The maximum Gasteiger partial charge on any atom is 0.125 e. The zero-order chi connectivity index (χ0) is 13.4. The Hall–Kier alpha value is -1.98. The first-order valence-electron chi connectivity index (χ1n) is 5.73. The molecule has 3 N–H and O–H groups in total. The molecule has 0 spiro atoms. The lowest BCUT2D eigenvalue weighted by Gasteiger charge is -2.03. The van der Waals surface area contributed by atoms with Crippen LogP contribution in [0.3, 0.4) is 0 Å². The van der Waals surface area contributed by atoms with E-state index in [1.54, 1.807) is 12.1 Å². The van der Waals surface area contributed by atoms with Crippen LogP contribution in [0.5, 0.6) is 0 Å². The van der Waals surface area contributed by atoms with Gasteiger partial charge in [0, 0.05) is 22.9 Å². The van der Waals surface area contributed by atoms with Gasteiger partial charge in [-0.25, -0.2) is 9.37 Å². The van der Waals surface area contributed by atoms with Crippen molar-refractivity contribution in [3.05, 3.63) is 47.8 Å². The SMILES string of the molecule is Nc1ccc(-c2nc3cc(F)ccc3s2)cc1CO. The van der Waals surface area contributed by atoms with Gasteiger partial charge in [0.05, 0.1) is 16.8 Å². The van der Waals surface area contributed by atoms with Gasteiger partial charge in [0.25, 0.3) is 0 Å². The van der Waals surface area contributed by atoms with E-state index in [1.807, 2.05) is 12.1 Å². The molecule has 19 heavy (non-hydrogen) atoms. The minimum Gasteiger partial charge on any atom is -0.398 e. The van der Waals surface area contributed by atoms with Gasteiger partial charge in [0.2, 0.25) is 0 Å². The van der Waals surface area contributed by atoms with E-state index in [1.165, 1.54) is 23.5 Å². The molecule has 0 fully saturated rings. The maximum absolute atomic E-state index is 13.1. The van der Waals surface area contributed by atoms with Gasteiger partial charge in [-0.2, -0.15) is 0 Å². The molecule has 2 aromatic carbocycles. The number of hydrogen-bond acceptors (Lipinski definition) is 4. The molecule has 0 aliphatic heterocycles. The number of benzene rings is 2. The molecule has 3 aromatic rings. The van der Waals surface area contributed by atoms with Crippen molar-refractivity contribution >= 4 is 27.2 Å². The van der Waals surface area contributed by atoms with E-state index >= 15 is 0 Å². The topological polar surface area (TPSA) is 59.1 Å². The molecule has 3 nitrogen and oxygen atoms in total. The number of anilines is 1. The number of fused-ring (bicyclic) bond motifs is 1. The van der Waals surface area contributed by atoms with Crippen LogP contribution in [0.2, 0.25) is 0 Å². The number of rotatable bonds is 2. The first kappa shape index (κ1) is 12.1. The third kappa shape index (κ3) is 2.18. The van der Waals surface area contributed by atoms with Gasteiger partial charge in [-0.15, -0.1) is 11.3 Å². The Morgan fingerprint density at radius 2 is 2.05 bits per heavy atom. The maximum atomic E-state index is 13.1. The molecule has 3 rings (SSSR count). The lowest BCUT2D eigenvalue weighted by molar-refractivity contribution is 0.282. The summed E-state index contributed by atoms with van der Waals surface area (Å²) in [7, 11) is 0. The van der Waals surface area contributed by atoms with Crippen LogP contribution in [0.15, 0.2) is 36.4 Å². The monoisotopic (exact) mass is 274 g/mol. The highest BCUT2D eigenvalue weighted by Gasteiger charge is 2.08. The zero-order valence-corrected chi connectivity index (χ0v) is 10.7. The summed E-state index contributed by atoms with van der Waals surface area (Å²) in [5.74, 6) is -0.294. The van der Waals surface area contributed by atoms with Gasteiger partial charge in [-0.1, -0.05) is 0 Å². The zero-order valence-electron chi connectivity index (χ0n) is 9.93. The van der Waals surface area contributed by atoms with Crippen molar-refractivity contribution in [2.24, 2.45) is 0 Å². The summed E-state index contributed by atoms with van der Waals surface area (Å²) in [4.78, 5) is 4.40. The first-order chi connectivity index (χ1) is 9.17. The van der Waals surface area contributed by atoms with Crippen LogP contribution < -0.4 is 5.73 Å². The predicted octanol–water partition coefficient (Wildman–Crippen LogP) is 3.18. The Bertz CT molecular complexity index is 754. The minimum atomic E-state index is -0.294. The molecule has 0 bridgehead atoms. The third-order valence-corrected chi connectivity index (χ3v) is 4.00. The largest absolute Gasteiger partial charge is 0.398 e. The number of halogens is 1. The van der Waals surface area contributed by atoms with E-state index in [0.717, 1.165) is 15.3 Å². The molecule has 0 atom stereocenters. The Balaban J connectivity index is 2.13. The lowest BCUT2D eigenvalue weighted by Crippen LogP contribution is -1.94. The molecule has 5 heteroatoms. The number of nitrogen functional groups attached to an aromatic ring is 1. The van der Waals surface area contributed by atoms with Crippen molar-refractivity contribution < 1.29 is 9.50 Å². The van der Waals surface area contributed by atoms with Gasteiger partial charge in [0.15, 0.2) is 0 Å². The van der Waals surface area contributed by atoms with Crippen molar-refractivity contribution in [2.75, 3.05) is 5.73 Å². The smallest absolute Gasteiger partial charge is 0.125 e. The summed E-state index contributed by atoms with van der Waals surface area (Å²) < 4.78 is 14.1. The molecule has 0 aliphatic carbocycles. The number of nitrogens with two attached hydrogens (primary N) is 1. The van der Waals surface area contributed by atoms with Crippen molar-refractivity contribution in [3.8, 4) is 10.6 Å². The fraction of sp³-hybridized carbons (Fsp3) is 0.0714. The standard InChI is InChI=1S/C14H11FN2OS/c15-10-2-4-13-12(6-10)17-14(19-13)8-1-3-11(16)9(5-8)7-18/h1-6,18H,7,16H2. The van der Waals surface area contributed by atoms with Crippen LogP contribution in [0.1, 0.15) is 5.56 Å². The fourth-order valence-corrected chi connectivity index (χ4v) is 2.84. The number of aliphatic hydroxyl groups excluding tert-OH is 1. The summed E-state index contributed by atoms with van der Waals surface area (Å²) in [6.45, 7) is -0.112. The van der Waals surface area contributed by atoms with Gasteiger partial charge < -0.3 is 10.8 Å². The number of nitrogens with zero attached hydrogens (tertiary/aromatic N) is 1. The summed E-state index contributed by atoms with van der Waals surface area (Å²) in [5.41, 5.74) is 8.49. The second-order valence-electron chi connectivity index (χ2n) is 4.20. The van der Waals surface area contributed by atoms with Crippen LogP contribution >= 0.6 is 11.3 Å². The number of thiazole rings is 1. The van der Waals surface area contributed by atoms with E-state index < -0.39 is 0 Å². The summed E-state index contributed by atoms with van der Waals surface area (Å²) >= 11 is 1.48. The molecule has 96 valence electrons. The average Bonchev–Trinajstić information content (AvgIpc) is 2.82. The van der Waals surface area contributed by atoms with E-state index in [9.17, 15) is 9.50 Å². The number of aliphatic hydroxyl groups is 1. The second kappa shape index (κ2) is 4.60. The number of hydrogen-bond donors (Lipinski definition) is 2. The van der Waals surface area contributed by atoms with Crippen LogP contribution in [0, 0.1) is 5.82 Å². The third-order valence-electron chi connectivity index (χ3n) is 2.91. The molecule has 0 aliphatic rings. The molecule has 0 amide bonds. The van der Waals surface area contributed by atoms with Crippen LogP contribution in [0.4, 0.5) is 10.1 Å². The normalized spacial score (nSPS) is 11.1. The average molecular weight is 274 g/mol. The molecular formula is C14H11FN2OS. The molecule has 0 radical (unpaired) electrons. The quantitative estimate of drug-likeness (QED) is 0.706. The van der Waals surface area contributed by atoms with Gasteiger partial charge in [-0.05, 0) is 30.3 Å². The van der Waals surface area contributed by atoms with Crippen molar-refractivity contribution in [1.82, 2.24) is 4.98 Å². The predicted molar refractivity (Wildman–Crippen MR) is 75.3 cm³/mol. The summed E-state index contributed by atoms with van der Waals surface area (Å²) in [6, 6.07) is 9.96. The first-order valence-corrected chi connectivity index (χ1v) is 6.55. The highest BCUT2D eigenvalue weighted by Crippen LogP contribution is 2.31. The number of aromatic nitrogens is 1. The summed E-state index contributed by atoms with van der Waals surface area (Å²) in [5, 5.41) is 10.0. The summed E-state index contributed by atoms with van der Waals surface area (Å²) in [6.07, 6.45) is 0. The van der Waals surface area contributed by atoms with E-state index in [0.29, 0.717) is 16.8 Å². The van der Waals surface area contributed by atoms with E-state index in [-0.39, 0.29) is 12.4 Å². The van der Waals surface area contributed by atoms with E-state index in [2.05, 4.69) is 4.98 Å². The Kier molecular flexibility index (Phi) is 2.93. The van der Waals surface area contributed by atoms with Gasteiger partial charge in [-0.3, -0.25) is 0 Å².